The monoisotopic (exact) mass is 236 g/mol. The van der Waals surface area contributed by atoms with E-state index < -0.39 is 0 Å². The quantitative estimate of drug-likeness (QED) is 0.748. The highest BCUT2D eigenvalue weighted by atomic mass is 16.5. The first-order valence-corrected chi connectivity index (χ1v) is 5.58. The first-order valence-electron chi connectivity index (χ1n) is 5.58. The molecule has 92 valence electrons. The lowest BCUT2D eigenvalue weighted by molar-refractivity contribution is 0.0600. The van der Waals surface area contributed by atoms with Crippen molar-refractivity contribution in [1.29, 1.82) is 0 Å². The molecular weight excluding hydrogens is 220 g/mol. The molecule has 1 heterocycles. The molecule has 0 aromatic carbocycles. The number of pyridine rings is 1. The summed E-state index contributed by atoms with van der Waals surface area (Å²) in [6.07, 6.45) is 3.63. The lowest BCUT2D eigenvalue weighted by Gasteiger charge is -2.13. The second-order valence-corrected chi connectivity index (χ2v) is 4.43. The molecule has 0 radical (unpaired) electrons. The van der Waals surface area contributed by atoms with Crippen molar-refractivity contribution in [2.45, 2.75) is 12.8 Å². The van der Waals surface area contributed by atoms with E-state index in [9.17, 15) is 9.90 Å². The maximum absolute atomic E-state index is 11.3. The Bertz CT molecular complexity index is 416. The van der Waals surface area contributed by atoms with Gasteiger partial charge < -0.3 is 15.2 Å². The van der Waals surface area contributed by atoms with E-state index in [1.165, 1.54) is 7.11 Å². The summed E-state index contributed by atoms with van der Waals surface area (Å²) in [5, 5.41) is 12.3. The molecule has 0 unspecified atom stereocenters. The Morgan fingerprint density at radius 2 is 2.41 bits per heavy atom. The van der Waals surface area contributed by atoms with Gasteiger partial charge in [-0.1, -0.05) is 0 Å². The van der Waals surface area contributed by atoms with Crippen LogP contribution in [0.5, 0.6) is 0 Å². The summed E-state index contributed by atoms with van der Waals surface area (Å²) >= 11 is 0. The lowest BCUT2D eigenvalue weighted by atomic mass is 10.1. The zero-order valence-electron chi connectivity index (χ0n) is 9.77. The van der Waals surface area contributed by atoms with E-state index in [1.54, 1.807) is 18.3 Å². The molecule has 0 amide bonds. The van der Waals surface area contributed by atoms with Crippen molar-refractivity contribution in [3.8, 4) is 0 Å². The first kappa shape index (κ1) is 11.9. The lowest BCUT2D eigenvalue weighted by Crippen LogP contribution is -2.19. The van der Waals surface area contributed by atoms with Gasteiger partial charge in [0, 0.05) is 18.2 Å². The zero-order valence-corrected chi connectivity index (χ0v) is 9.77. The van der Waals surface area contributed by atoms with Crippen LogP contribution < -0.4 is 5.32 Å². The van der Waals surface area contributed by atoms with Gasteiger partial charge in [-0.3, -0.25) is 0 Å². The van der Waals surface area contributed by atoms with Gasteiger partial charge in [-0.25, -0.2) is 9.78 Å². The molecule has 2 N–H and O–H groups in total. The molecule has 0 aliphatic heterocycles. The van der Waals surface area contributed by atoms with Crippen LogP contribution in [0.25, 0.3) is 0 Å². The predicted molar refractivity (Wildman–Crippen MR) is 62.8 cm³/mol. The average molecular weight is 236 g/mol. The number of carbonyl (C=O) groups excluding carboxylic acids is 1. The highest BCUT2D eigenvalue weighted by Gasteiger charge is 2.41. The highest BCUT2D eigenvalue weighted by Crippen LogP contribution is 2.44. The van der Waals surface area contributed by atoms with Gasteiger partial charge in [-0.2, -0.15) is 0 Å². The van der Waals surface area contributed by atoms with Crippen LogP contribution in [0.15, 0.2) is 18.3 Å². The molecule has 0 spiro atoms. The maximum Gasteiger partial charge on any atom is 0.338 e. The van der Waals surface area contributed by atoms with Crippen molar-refractivity contribution in [3.05, 3.63) is 23.9 Å². The third-order valence-electron chi connectivity index (χ3n) is 3.12. The molecule has 1 aliphatic carbocycles. The van der Waals surface area contributed by atoms with Crippen LogP contribution >= 0.6 is 0 Å². The van der Waals surface area contributed by atoms with Gasteiger partial charge >= 0.3 is 5.97 Å². The number of nitrogens with one attached hydrogen (secondary N) is 1. The topological polar surface area (TPSA) is 71.5 Å². The van der Waals surface area contributed by atoms with E-state index >= 15 is 0 Å². The Labute approximate surface area is 99.8 Å². The van der Waals surface area contributed by atoms with E-state index in [2.05, 4.69) is 15.0 Å². The van der Waals surface area contributed by atoms with Gasteiger partial charge in [0.1, 0.15) is 5.82 Å². The Kier molecular flexibility index (Phi) is 3.28. The van der Waals surface area contributed by atoms with E-state index in [-0.39, 0.29) is 18.0 Å². The summed E-state index contributed by atoms with van der Waals surface area (Å²) in [4.78, 5) is 15.4. The van der Waals surface area contributed by atoms with Crippen LogP contribution in [0, 0.1) is 5.41 Å². The number of hydrogen-bond donors (Lipinski definition) is 2. The third kappa shape index (κ3) is 2.74. The number of ether oxygens (including phenoxy) is 1. The smallest absolute Gasteiger partial charge is 0.338 e. The van der Waals surface area contributed by atoms with Gasteiger partial charge in [0.2, 0.25) is 0 Å². The van der Waals surface area contributed by atoms with E-state index in [0.29, 0.717) is 17.9 Å². The SMILES string of the molecule is COC(=O)c1ccnc(NCC2(CO)CC2)c1. The summed E-state index contributed by atoms with van der Waals surface area (Å²) in [5.41, 5.74) is 0.488. The van der Waals surface area contributed by atoms with Crippen LogP contribution in [-0.2, 0) is 4.74 Å². The largest absolute Gasteiger partial charge is 0.465 e. The van der Waals surface area contributed by atoms with E-state index in [4.69, 9.17) is 0 Å². The summed E-state index contributed by atoms with van der Waals surface area (Å²) in [7, 11) is 1.35. The standard InChI is InChI=1S/C12H16N2O3/c1-17-11(16)9-2-5-13-10(6-9)14-7-12(8-15)3-4-12/h2,5-6,15H,3-4,7-8H2,1H3,(H,13,14). The van der Waals surface area contributed by atoms with Gasteiger partial charge in [-0.05, 0) is 25.0 Å². The van der Waals surface area contributed by atoms with E-state index in [1.807, 2.05) is 0 Å². The Morgan fingerprint density at radius 3 is 3.00 bits per heavy atom. The molecule has 5 heteroatoms. The Balaban J connectivity index is 1.99. The summed E-state index contributed by atoms with van der Waals surface area (Å²) < 4.78 is 4.64. The van der Waals surface area contributed by atoms with Crippen LogP contribution in [0.4, 0.5) is 5.82 Å². The molecule has 1 saturated carbocycles. The van der Waals surface area contributed by atoms with Gasteiger partial charge in [0.15, 0.2) is 0 Å². The minimum atomic E-state index is -0.376. The number of rotatable bonds is 5. The Hall–Kier alpha value is -1.62. The van der Waals surface area contributed by atoms with Crippen molar-refractivity contribution in [2.24, 2.45) is 5.41 Å². The Morgan fingerprint density at radius 1 is 1.65 bits per heavy atom. The summed E-state index contributed by atoms with van der Waals surface area (Å²) in [6, 6.07) is 3.26. The summed E-state index contributed by atoms with van der Waals surface area (Å²) in [6.45, 7) is 0.873. The van der Waals surface area contributed by atoms with Crippen molar-refractivity contribution in [1.82, 2.24) is 4.98 Å². The minimum absolute atomic E-state index is 0.0168. The number of hydrogen-bond acceptors (Lipinski definition) is 5. The molecular formula is C12H16N2O3. The summed E-state index contributed by atoms with van der Waals surface area (Å²) in [5.74, 6) is 0.256. The molecule has 1 fully saturated rings. The molecule has 0 atom stereocenters. The normalized spacial score (nSPS) is 16.4. The van der Waals surface area contributed by atoms with E-state index in [0.717, 1.165) is 12.8 Å². The molecule has 1 aliphatic rings. The van der Waals surface area contributed by atoms with Gasteiger partial charge in [0.05, 0.1) is 19.3 Å². The van der Waals surface area contributed by atoms with Crippen LogP contribution in [0.3, 0.4) is 0 Å². The number of nitrogens with zero attached hydrogens (tertiary/aromatic N) is 1. The first-order chi connectivity index (χ1) is 8.19. The molecule has 2 rings (SSSR count). The van der Waals surface area contributed by atoms with Crippen LogP contribution in [-0.4, -0.2) is 36.3 Å². The van der Waals surface area contributed by atoms with Crippen LogP contribution in [0.2, 0.25) is 0 Å². The van der Waals surface area contributed by atoms with Crippen molar-refractivity contribution in [3.63, 3.8) is 0 Å². The van der Waals surface area contributed by atoms with Crippen molar-refractivity contribution >= 4 is 11.8 Å². The minimum Gasteiger partial charge on any atom is -0.465 e. The fourth-order valence-electron chi connectivity index (χ4n) is 1.62. The fourth-order valence-corrected chi connectivity index (χ4v) is 1.62. The number of anilines is 1. The third-order valence-corrected chi connectivity index (χ3v) is 3.12. The molecule has 0 bridgehead atoms. The van der Waals surface area contributed by atoms with Crippen LogP contribution in [0.1, 0.15) is 23.2 Å². The number of aliphatic hydroxyl groups is 1. The van der Waals surface area contributed by atoms with Crippen molar-refractivity contribution < 1.29 is 14.6 Å². The van der Waals surface area contributed by atoms with Gasteiger partial charge in [-0.15, -0.1) is 0 Å². The second kappa shape index (κ2) is 4.71. The molecule has 17 heavy (non-hydrogen) atoms. The second-order valence-electron chi connectivity index (χ2n) is 4.43. The predicted octanol–water partition coefficient (Wildman–Crippen LogP) is 1.05. The molecule has 0 saturated heterocycles. The highest BCUT2D eigenvalue weighted by molar-refractivity contribution is 5.89. The fraction of sp³-hybridized carbons (Fsp3) is 0.500. The van der Waals surface area contributed by atoms with Gasteiger partial charge in [0.25, 0.3) is 0 Å². The molecule has 5 nitrogen and oxygen atoms in total. The number of aromatic nitrogens is 1. The van der Waals surface area contributed by atoms with Crippen molar-refractivity contribution in [2.75, 3.05) is 25.6 Å². The zero-order chi connectivity index (χ0) is 12.3. The molecule has 1 aromatic rings. The number of carbonyl (C=O) groups is 1. The number of esters is 1. The number of aliphatic hydroxyl groups excluding tert-OH is 1. The number of methoxy groups -OCH3 is 1. The average Bonchev–Trinajstić information content (AvgIpc) is 3.16. The maximum atomic E-state index is 11.3. The molecule has 1 aromatic heterocycles.